The summed E-state index contributed by atoms with van der Waals surface area (Å²) in [6.45, 7) is 3.19. The maximum Gasteiger partial charge on any atom is 0.433 e. The van der Waals surface area contributed by atoms with E-state index in [1.165, 1.54) is 19.1 Å². The summed E-state index contributed by atoms with van der Waals surface area (Å²) in [4.78, 5) is 21.3. The number of nitrogens with one attached hydrogen (secondary N) is 2. The minimum atomic E-state index is -4.69. The predicted octanol–water partition coefficient (Wildman–Crippen LogP) is 3.11. The number of nitrogens with zero attached hydrogens (tertiary/aromatic N) is 4. The Morgan fingerprint density at radius 2 is 1.74 bits per heavy atom. The molecule has 138 valence electrons. The summed E-state index contributed by atoms with van der Waals surface area (Å²) in [5.74, 6) is 0.558. The van der Waals surface area contributed by atoms with Crippen LogP contribution >= 0.6 is 0 Å². The highest BCUT2D eigenvalue weighted by Crippen LogP contribution is 2.38. The van der Waals surface area contributed by atoms with Crippen LogP contribution in [0.5, 0.6) is 0 Å². The van der Waals surface area contributed by atoms with Crippen molar-refractivity contribution in [1.29, 1.82) is 0 Å². The maximum absolute atomic E-state index is 13.6. The van der Waals surface area contributed by atoms with Gasteiger partial charge >= 0.3 is 6.18 Å². The Balaban J connectivity index is 2.10. The van der Waals surface area contributed by atoms with Gasteiger partial charge in [0.15, 0.2) is 11.5 Å². The molecule has 4 rings (SSSR count). The summed E-state index contributed by atoms with van der Waals surface area (Å²) in [7, 11) is 0. The van der Waals surface area contributed by atoms with Crippen molar-refractivity contribution in [1.82, 2.24) is 29.8 Å². The highest BCUT2D eigenvalue weighted by Gasteiger charge is 2.38. The van der Waals surface area contributed by atoms with Crippen LogP contribution < -0.4 is 5.56 Å². The molecule has 0 aliphatic rings. The third-order valence-electron chi connectivity index (χ3n) is 4.13. The number of benzene rings is 1. The number of alkyl halides is 3. The van der Waals surface area contributed by atoms with Crippen molar-refractivity contribution in [2.75, 3.05) is 0 Å². The van der Waals surface area contributed by atoms with Crippen LogP contribution in [0.3, 0.4) is 0 Å². The lowest BCUT2D eigenvalue weighted by Gasteiger charge is -2.07. The second kappa shape index (κ2) is 5.79. The van der Waals surface area contributed by atoms with Gasteiger partial charge in [0.2, 0.25) is 0 Å². The summed E-state index contributed by atoms with van der Waals surface area (Å²) in [6, 6.07) is 8.00. The zero-order valence-corrected chi connectivity index (χ0v) is 14.2. The van der Waals surface area contributed by atoms with E-state index in [9.17, 15) is 18.0 Å². The van der Waals surface area contributed by atoms with Crippen molar-refractivity contribution in [2.24, 2.45) is 0 Å². The Labute approximate surface area is 149 Å². The Morgan fingerprint density at radius 1 is 1.04 bits per heavy atom. The molecule has 4 aromatic rings. The first-order valence-corrected chi connectivity index (χ1v) is 7.94. The number of aromatic amines is 2. The number of aromatic nitrogens is 6. The number of hydrogen-bond donors (Lipinski definition) is 2. The fourth-order valence-electron chi connectivity index (χ4n) is 2.97. The second-order valence-electron chi connectivity index (χ2n) is 6.01. The van der Waals surface area contributed by atoms with Crippen molar-refractivity contribution in [3.63, 3.8) is 0 Å². The van der Waals surface area contributed by atoms with Crippen molar-refractivity contribution >= 4 is 5.65 Å². The lowest BCUT2D eigenvalue weighted by atomic mass is 10.1. The minimum Gasteiger partial charge on any atom is -0.284 e. The summed E-state index contributed by atoms with van der Waals surface area (Å²) >= 11 is 0. The van der Waals surface area contributed by atoms with Crippen molar-refractivity contribution in [3.05, 3.63) is 57.9 Å². The van der Waals surface area contributed by atoms with E-state index in [2.05, 4.69) is 25.3 Å². The predicted molar refractivity (Wildman–Crippen MR) is 91.1 cm³/mol. The van der Waals surface area contributed by atoms with Gasteiger partial charge < -0.3 is 0 Å². The van der Waals surface area contributed by atoms with Crippen LogP contribution in [0.25, 0.3) is 28.2 Å². The van der Waals surface area contributed by atoms with E-state index in [0.717, 1.165) is 4.52 Å². The molecule has 10 heteroatoms. The third kappa shape index (κ3) is 2.69. The van der Waals surface area contributed by atoms with Crippen molar-refractivity contribution < 1.29 is 13.2 Å². The lowest BCUT2D eigenvalue weighted by molar-refractivity contribution is -0.140. The minimum absolute atomic E-state index is 0.0337. The Kier molecular flexibility index (Phi) is 3.65. The van der Waals surface area contributed by atoms with Gasteiger partial charge in [0.25, 0.3) is 5.56 Å². The summed E-state index contributed by atoms with van der Waals surface area (Å²) in [5, 5.41) is 8.70. The highest BCUT2D eigenvalue weighted by molar-refractivity contribution is 5.81. The van der Waals surface area contributed by atoms with Crippen LogP contribution in [0.2, 0.25) is 0 Å². The second-order valence-corrected chi connectivity index (χ2v) is 6.01. The summed E-state index contributed by atoms with van der Waals surface area (Å²) in [6.07, 6.45) is -4.69. The molecule has 27 heavy (non-hydrogen) atoms. The van der Waals surface area contributed by atoms with E-state index in [0.29, 0.717) is 11.4 Å². The van der Waals surface area contributed by atoms with E-state index in [4.69, 9.17) is 0 Å². The third-order valence-corrected chi connectivity index (χ3v) is 4.13. The molecule has 0 bridgehead atoms. The van der Waals surface area contributed by atoms with Crippen LogP contribution in [0, 0.1) is 13.8 Å². The van der Waals surface area contributed by atoms with Crippen molar-refractivity contribution in [3.8, 4) is 22.5 Å². The zero-order chi connectivity index (χ0) is 19.3. The molecule has 3 aromatic heterocycles. The zero-order valence-electron chi connectivity index (χ0n) is 14.2. The van der Waals surface area contributed by atoms with Crippen molar-refractivity contribution in [2.45, 2.75) is 20.0 Å². The van der Waals surface area contributed by atoms with E-state index >= 15 is 0 Å². The van der Waals surface area contributed by atoms with Crippen LogP contribution in [0.4, 0.5) is 13.2 Å². The molecule has 0 atom stereocenters. The SMILES string of the molecule is Cc1nc(-c2c(C)nc3c(-c4ccccc4)c(C(F)(F)F)[nH]n3c2=O)n[nH]1. The molecule has 0 fully saturated rings. The van der Waals surface area contributed by atoms with Gasteiger partial charge in [0.1, 0.15) is 17.1 Å². The van der Waals surface area contributed by atoms with E-state index < -0.39 is 17.4 Å². The van der Waals surface area contributed by atoms with Gasteiger partial charge in [-0.15, -0.1) is 0 Å². The topological polar surface area (TPSA) is 91.7 Å². The van der Waals surface area contributed by atoms with Gasteiger partial charge in [-0.2, -0.15) is 22.8 Å². The maximum atomic E-state index is 13.6. The van der Waals surface area contributed by atoms with Crippen LogP contribution in [-0.4, -0.2) is 29.8 Å². The fourth-order valence-corrected chi connectivity index (χ4v) is 2.97. The number of aryl methyl sites for hydroxylation is 2. The number of hydrogen-bond acceptors (Lipinski definition) is 4. The lowest BCUT2D eigenvalue weighted by Crippen LogP contribution is -2.20. The van der Waals surface area contributed by atoms with Crippen LogP contribution in [0.1, 0.15) is 17.2 Å². The van der Waals surface area contributed by atoms with Crippen LogP contribution in [-0.2, 0) is 6.18 Å². The standard InChI is InChI=1S/C17H13F3N6O/c1-8-11(14-22-9(2)23-24-14)16(27)26-15(21-8)12(10-6-4-3-5-7-10)13(25-26)17(18,19)20/h3-7,25H,1-2H3,(H,22,23,24). The number of fused-ring (bicyclic) bond motifs is 1. The molecule has 0 spiro atoms. The molecule has 0 saturated carbocycles. The number of H-pyrrole nitrogens is 2. The molecule has 0 amide bonds. The monoisotopic (exact) mass is 374 g/mol. The van der Waals surface area contributed by atoms with Gasteiger partial charge in [-0.25, -0.2) is 9.97 Å². The molecule has 2 N–H and O–H groups in total. The Hall–Kier alpha value is -3.43. The quantitative estimate of drug-likeness (QED) is 0.564. The molecule has 0 unspecified atom stereocenters. The number of halogens is 3. The molecular weight excluding hydrogens is 361 g/mol. The molecule has 0 aliphatic heterocycles. The van der Waals surface area contributed by atoms with Gasteiger partial charge in [-0.3, -0.25) is 15.0 Å². The largest absolute Gasteiger partial charge is 0.433 e. The number of rotatable bonds is 2. The first-order valence-electron chi connectivity index (χ1n) is 7.94. The smallest absolute Gasteiger partial charge is 0.284 e. The van der Waals surface area contributed by atoms with E-state index in [1.54, 1.807) is 25.1 Å². The van der Waals surface area contributed by atoms with Gasteiger partial charge in [-0.1, -0.05) is 30.3 Å². The normalized spacial score (nSPS) is 12.0. The average molecular weight is 374 g/mol. The first-order chi connectivity index (χ1) is 12.8. The fraction of sp³-hybridized carbons (Fsp3) is 0.176. The first kappa shape index (κ1) is 17.0. The highest BCUT2D eigenvalue weighted by atomic mass is 19.4. The molecule has 1 aromatic carbocycles. The Bertz CT molecular complexity index is 1200. The molecule has 0 saturated heterocycles. The molecule has 0 aliphatic carbocycles. The van der Waals surface area contributed by atoms with E-state index in [1.807, 2.05) is 0 Å². The average Bonchev–Trinajstić information content (AvgIpc) is 3.19. The molecular formula is C17H13F3N6O. The van der Waals surface area contributed by atoms with E-state index in [-0.39, 0.29) is 28.3 Å². The van der Waals surface area contributed by atoms with Gasteiger partial charge in [0.05, 0.1) is 11.3 Å². The molecule has 7 nitrogen and oxygen atoms in total. The summed E-state index contributed by atoms with van der Waals surface area (Å²) < 4.78 is 41.7. The molecule has 0 radical (unpaired) electrons. The Morgan fingerprint density at radius 3 is 2.33 bits per heavy atom. The van der Waals surface area contributed by atoms with Gasteiger partial charge in [-0.05, 0) is 19.4 Å². The van der Waals surface area contributed by atoms with Crippen LogP contribution in [0.15, 0.2) is 35.1 Å². The molecule has 3 heterocycles. The summed E-state index contributed by atoms with van der Waals surface area (Å²) in [5.41, 5.74) is -1.45. The van der Waals surface area contributed by atoms with Gasteiger partial charge in [0, 0.05) is 0 Å².